The van der Waals surface area contributed by atoms with Crippen molar-refractivity contribution < 1.29 is 13.9 Å². The molecule has 0 fully saturated rings. The number of ether oxygens (including phenoxy) is 1. The quantitative estimate of drug-likeness (QED) is 0.860. The Kier molecular flexibility index (Phi) is 5.31. The Morgan fingerprint density at radius 3 is 2.83 bits per heavy atom. The van der Waals surface area contributed by atoms with E-state index in [4.69, 9.17) is 16.3 Å². The summed E-state index contributed by atoms with van der Waals surface area (Å²) in [6.07, 6.45) is 0.110. The summed E-state index contributed by atoms with van der Waals surface area (Å²) in [6.45, 7) is 1.69. The molecule has 0 saturated heterocycles. The number of nitrogens with one attached hydrogen (secondary N) is 1. The number of rotatable bonds is 4. The number of fused-ring (bicyclic) bond motifs is 1. The first-order valence-corrected chi connectivity index (χ1v) is 9.04. The van der Waals surface area contributed by atoms with Crippen LogP contribution < -0.4 is 10.1 Å². The van der Waals surface area contributed by atoms with Crippen molar-refractivity contribution >= 4 is 29.3 Å². The highest BCUT2D eigenvalue weighted by atomic mass is 35.5. The largest absolute Gasteiger partial charge is 0.481 e. The highest BCUT2D eigenvalue weighted by Crippen LogP contribution is 2.36. The predicted molar refractivity (Wildman–Crippen MR) is 94.2 cm³/mol. The number of halogens is 2. The summed E-state index contributed by atoms with van der Waals surface area (Å²) < 4.78 is 19.2. The van der Waals surface area contributed by atoms with Gasteiger partial charge in [0.15, 0.2) is 6.10 Å². The molecule has 0 saturated carbocycles. The Balaban J connectivity index is 1.67. The van der Waals surface area contributed by atoms with Crippen LogP contribution in [0.15, 0.2) is 47.4 Å². The highest BCUT2D eigenvalue weighted by molar-refractivity contribution is 7.99. The van der Waals surface area contributed by atoms with Crippen LogP contribution in [0.2, 0.25) is 5.02 Å². The molecular weight excluding hydrogens is 349 g/mol. The second-order valence-electron chi connectivity index (χ2n) is 5.59. The van der Waals surface area contributed by atoms with Gasteiger partial charge >= 0.3 is 0 Å². The third kappa shape index (κ3) is 4.02. The number of hydrogen-bond donors (Lipinski definition) is 1. The van der Waals surface area contributed by atoms with Crippen molar-refractivity contribution in [2.24, 2.45) is 0 Å². The summed E-state index contributed by atoms with van der Waals surface area (Å²) in [6, 6.07) is 11.4. The van der Waals surface area contributed by atoms with E-state index in [1.165, 1.54) is 12.1 Å². The van der Waals surface area contributed by atoms with Gasteiger partial charge in [-0.3, -0.25) is 4.79 Å². The maximum absolute atomic E-state index is 13.5. The lowest BCUT2D eigenvalue weighted by molar-refractivity contribution is -0.128. The molecule has 0 bridgehead atoms. The van der Waals surface area contributed by atoms with Gasteiger partial charge in [0.25, 0.3) is 5.91 Å². The molecule has 1 amide bonds. The monoisotopic (exact) mass is 365 g/mol. The van der Waals surface area contributed by atoms with E-state index in [1.807, 2.05) is 0 Å². The molecule has 0 aromatic heterocycles. The summed E-state index contributed by atoms with van der Waals surface area (Å²) in [4.78, 5) is 13.4. The Morgan fingerprint density at radius 1 is 1.33 bits per heavy atom. The lowest BCUT2D eigenvalue weighted by Crippen LogP contribution is -2.39. The molecule has 24 heavy (non-hydrogen) atoms. The first kappa shape index (κ1) is 17.1. The lowest BCUT2D eigenvalue weighted by atomic mass is 10.0. The van der Waals surface area contributed by atoms with E-state index < -0.39 is 6.10 Å². The van der Waals surface area contributed by atoms with Gasteiger partial charge in [0.05, 0.1) is 6.04 Å². The van der Waals surface area contributed by atoms with Crippen LogP contribution in [0.5, 0.6) is 5.75 Å². The predicted octanol–water partition coefficient (Wildman–Crippen LogP) is 4.60. The Hall–Kier alpha value is -1.72. The fourth-order valence-electron chi connectivity index (χ4n) is 2.58. The van der Waals surface area contributed by atoms with Crippen molar-refractivity contribution in [3.8, 4) is 5.75 Å². The summed E-state index contributed by atoms with van der Waals surface area (Å²) in [5.74, 6) is 0.946. The smallest absolute Gasteiger partial charge is 0.261 e. The van der Waals surface area contributed by atoms with E-state index in [-0.39, 0.29) is 17.8 Å². The van der Waals surface area contributed by atoms with Crippen molar-refractivity contribution in [3.05, 3.63) is 58.9 Å². The van der Waals surface area contributed by atoms with Crippen LogP contribution in [0, 0.1) is 5.82 Å². The zero-order valence-electron chi connectivity index (χ0n) is 13.1. The van der Waals surface area contributed by atoms with Gasteiger partial charge in [-0.2, -0.15) is 0 Å². The zero-order chi connectivity index (χ0) is 17.1. The third-order valence-electron chi connectivity index (χ3n) is 3.82. The fourth-order valence-corrected chi connectivity index (χ4v) is 3.81. The van der Waals surface area contributed by atoms with Crippen LogP contribution in [0.25, 0.3) is 0 Å². The molecule has 2 aromatic rings. The molecule has 1 heterocycles. The summed E-state index contributed by atoms with van der Waals surface area (Å²) >= 11 is 7.51. The van der Waals surface area contributed by atoms with Gasteiger partial charge in [-0.05, 0) is 61.4 Å². The number of thioether (sulfide) groups is 1. The standard InChI is InChI=1S/C18H17ClFNO2S/c1-11(23-14-5-2-12(19)3-6-14)18(22)21-16-8-9-24-17-7-4-13(20)10-15(16)17/h2-7,10-11,16H,8-9H2,1H3,(H,21,22). The van der Waals surface area contributed by atoms with Crippen molar-refractivity contribution in [2.45, 2.75) is 30.4 Å². The second-order valence-corrected chi connectivity index (χ2v) is 7.17. The second kappa shape index (κ2) is 7.45. The molecule has 1 N–H and O–H groups in total. The minimum absolute atomic E-state index is 0.194. The maximum Gasteiger partial charge on any atom is 0.261 e. The number of carbonyl (C=O) groups is 1. The number of hydrogen-bond acceptors (Lipinski definition) is 3. The van der Waals surface area contributed by atoms with E-state index in [2.05, 4.69) is 5.32 Å². The van der Waals surface area contributed by atoms with Gasteiger partial charge in [0, 0.05) is 15.7 Å². The SMILES string of the molecule is CC(Oc1ccc(Cl)cc1)C(=O)NC1CCSc2ccc(F)cc21. The molecule has 126 valence electrons. The molecule has 1 aliphatic rings. The van der Waals surface area contributed by atoms with Crippen LogP contribution in [-0.4, -0.2) is 17.8 Å². The normalized spacial score (nSPS) is 17.7. The van der Waals surface area contributed by atoms with Gasteiger partial charge in [-0.1, -0.05) is 11.6 Å². The molecule has 6 heteroatoms. The van der Waals surface area contributed by atoms with Crippen LogP contribution in [0.1, 0.15) is 24.9 Å². The Labute approximate surface area is 149 Å². The molecule has 2 aromatic carbocycles. The fraction of sp³-hybridized carbons (Fsp3) is 0.278. The molecule has 3 rings (SSSR count). The summed E-state index contributed by atoms with van der Waals surface area (Å²) in [7, 11) is 0. The van der Waals surface area contributed by atoms with Crippen LogP contribution in [-0.2, 0) is 4.79 Å². The molecule has 0 radical (unpaired) electrons. The molecule has 3 nitrogen and oxygen atoms in total. The topological polar surface area (TPSA) is 38.3 Å². The maximum atomic E-state index is 13.5. The number of benzene rings is 2. The molecule has 0 aliphatic carbocycles. The minimum Gasteiger partial charge on any atom is -0.481 e. The molecular formula is C18H17ClFNO2S. The summed E-state index contributed by atoms with van der Waals surface area (Å²) in [5.41, 5.74) is 0.832. The molecule has 0 spiro atoms. The van der Waals surface area contributed by atoms with Gasteiger partial charge in [-0.25, -0.2) is 4.39 Å². The van der Waals surface area contributed by atoms with Gasteiger partial charge in [0.2, 0.25) is 0 Å². The van der Waals surface area contributed by atoms with Gasteiger partial charge in [-0.15, -0.1) is 11.8 Å². The van der Waals surface area contributed by atoms with Crippen LogP contribution in [0.3, 0.4) is 0 Å². The number of carbonyl (C=O) groups excluding carboxylic acids is 1. The summed E-state index contributed by atoms with van der Waals surface area (Å²) in [5, 5.41) is 3.57. The van der Waals surface area contributed by atoms with E-state index in [0.29, 0.717) is 10.8 Å². The Bertz CT molecular complexity index is 738. The van der Waals surface area contributed by atoms with Crippen molar-refractivity contribution in [2.75, 3.05) is 5.75 Å². The first-order chi connectivity index (χ1) is 11.5. The first-order valence-electron chi connectivity index (χ1n) is 7.68. The molecule has 2 unspecified atom stereocenters. The molecule has 1 aliphatic heterocycles. The van der Waals surface area contributed by atoms with Crippen molar-refractivity contribution in [3.63, 3.8) is 0 Å². The minimum atomic E-state index is -0.655. The van der Waals surface area contributed by atoms with E-state index in [9.17, 15) is 9.18 Å². The van der Waals surface area contributed by atoms with Crippen LogP contribution in [0.4, 0.5) is 4.39 Å². The highest BCUT2D eigenvalue weighted by Gasteiger charge is 2.25. The number of amides is 1. The zero-order valence-corrected chi connectivity index (χ0v) is 14.7. The van der Waals surface area contributed by atoms with E-state index >= 15 is 0 Å². The molecule has 2 atom stereocenters. The van der Waals surface area contributed by atoms with Crippen molar-refractivity contribution in [1.82, 2.24) is 5.32 Å². The van der Waals surface area contributed by atoms with Crippen LogP contribution >= 0.6 is 23.4 Å². The van der Waals surface area contributed by atoms with Gasteiger partial charge < -0.3 is 10.1 Å². The van der Waals surface area contributed by atoms with Crippen molar-refractivity contribution in [1.29, 1.82) is 0 Å². The average molecular weight is 366 g/mol. The van der Waals surface area contributed by atoms with E-state index in [1.54, 1.807) is 49.0 Å². The Morgan fingerprint density at radius 2 is 2.08 bits per heavy atom. The average Bonchev–Trinajstić information content (AvgIpc) is 2.57. The lowest BCUT2D eigenvalue weighted by Gasteiger charge is -2.27. The van der Waals surface area contributed by atoms with Gasteiger partial charge in [0.1, 0.15) is 11.6 Å². The third-order valence-corrected chi connectivity index (χ3v) is 5.20. The van der Waals surface area contributed by atoms with E-state index in [0.717, 1.165) is 22.6 Å².